The summed E-state index contributed by atoms with van der Waals surface area (Å²) in [5.41, 5.74) is 5.23. The van der Waals surface area contributed by atoms with Crippen LogP contribution in [0.5, 0.6) is 0 Å². The monoisotopic (exact) mass is 327 g/mol. The molecule has 2 heterocycles. The Labute approximate surface area is 140 Å². The van der Waals surface area contributed by atoms with E-state index >= 15 is 0 Å². The Hall–Kier alpha value is -2.83. The van der Waals surface area contributed by atoms with E-state index in [1.54, 1.807) is 5.01 Å². The van der Waals surface area contributed by atoms with Gasteiger partial charge in [-0.15, -0.1) is 0 Å². The number of rotatable bonds is 4. The Morgan fingerprint density at radius 3 is 2.79 bits per heavy atom. The van der Waals surface area contributed by atoms with Gasteiger partial charge < -0.3 is 5.32 Å². The van der Waals surface area contributed by atoms with E-state index in [-0.39, 0.29) is 18.2 Å². The third kappa shape index (κ3) is 3.40. The first-order valence-corrected chi connectivity index (χ1v) is 7.98. The summed E-state index contributed by atoms with van der Waals surface area (Å²) in [6.07, 6.45) is 0.846. The summed E-state index contributed by atoms with van der Waals surface area (Å²) in [6.45, 7) is 4.36. The van der Waals surface area contributed by atoms with E-state index in [1.807, 2.05) is 44.2 Å². The summed E-state index contributed by atoms with van der Waals surface area (Å²) in [6, 6.07) is 9.34. The van der Waals surface area contributed by atoms with Gasteiger partial charge in [0.25, 0.3) is 0 Å². The molecular formula is C17H21N5O2. The van der Waals surface area contributed by atoms with Crippen LogP contribution in [0.25, 0.3) is 0 Å². The van der Waals surface area contributed by atoms with Gasteiger partial charge in [-0.1, -0.05) is 30.3 Å². The van der Waals surface area contributed by atoms with Crippen LogP contribution in [0.3, 0.4) is 0 Å². The number of guanidine groups is 1. The molecule has 1 aromatic carbocycles. The topological polar surface area (TPSA) is 85.8 Å². The molecular weight excluding hydrogens is 306 g/mol. The average molecular weight is 327 g/mol. The number of nitrogens with one attached hydrogen (secondary N) is 3. The molecule has 2 aliphatic rings. The van der Waals surface area contributed by atoms with E-state index < -0.39 is 6.04 Å². The molecule has 1 atom stereocenters. The molecule has 0 aliphatic carbocycles. The number of nitrogens with zero attached hydrogens (tertiary/aromatic N) is 2. The van der Waals surface area contributed by atoms with Gasteiger partial charge in [-0.2, -0.15) is 4.99 Å². The van der Waals surface area contributed by atoms with Gasteiger partial charge in [-0.25, -0.2) is 5.01 Å². The fourth-order valence-electron chi connectivity index (χ4n) is 2.63. The van der Waals surface area contributed by atoms with Crippen molar-refractivity contribution >= 4 is 17.8 Å². The summed E-state index contributed by atoms with van der Waals surface area (Å²) in [5.74, 6) is 0.654. The molecule has 7 heteroatoms. The maximum absolute atomic E-state index is 12.5. The molecule has 7 nitrogen and oxygen atoms in total. The molecule has 2 aliphatic heterocycles. The Morgan fingerprint density at radius 2 is 2.08 bits per heavy atom. The first-order valence-electron chi connectivity index (χ1n) is 7.98. The van der Waals surface area contributed by atoms with Crippen LogP contribution in [0.1, 0.15) is 25.8 Å². The van der Waals surface area contributed by atoms with Gasteiger partial charge in [0, 0.05) is 6.54 Å². The van der Waals surface area contributed by atoms with Crippen LogP contribution in [0.4, 0.5) is 0 Å². The fourth-order valence-corrected chi connectivity index (χ4v) is 2.63. The van der Waals surface area contributed by atoms with Crippen molar-refractivity contribution in [1.82, 2.24) is 21.1 Å². The molecule has 0 bridgehead atoms. The summed E-state index contributed by atoms with van der Waals surface area (Å²) in [4.78, 5) is 28.7. The van der Waals surface area contributed by atoms with Gasteiger partial charge in [0.05, 0.1) is 6.42 Å². The number of benzene rings is 1. The van der Waals surface area contributed by atoms with E-state index in [1.165, 1.54) is 0 Å². The summed E-state index contributed by atoms with van der Waals surface area (Å²) in [5, 5.41) is 7.22. The summed E-state index contributed by atoms with van der Waals surface area (Å²) in [7, 11) is 0. The molecule has 3 N–H and O–H groups in total. The molecule has 3 rings (SSSR count). The van der Waals surface area contributed by atoms with Crippen LogP contribution in [-0.4, -0.2) is 35.4 Å². The Bertz CT molecular complexity index is 707. The molecule has 0 saturated carbocycles. The lowest BCUT2D eigenvalue weighted by atomic mass is 10.1. The first kappa shape index (κ1) is 16.0. The third-order valence-electron chi connectivity index (χ3n) is 3.95. The zero-order valence-corrected chi connectivity index (χ0v) is 13.8. The number of fused-ring (bicyclic) bond motifs is 1. The first-order chi connectivity index (χ1) is 11.5. The van der Waals surface area contributed by atoms with E-state index in [2.05, 4.69) is 21.1 Å². The smallest absolute Gasteiger partial charge is 0.245 e. The van der Waals surface area contributed by atoms with E-state index in [0.29, 0.717) is 18.3 Å². The van der Waals surface area contributed by atoms with Crippen LogP contribution in [-0.2, 0) is 16.0 Å². The Morgan fingerprint density at radius 1 is 1.33 bits per heavy atom. The lowest BCUT2D eigenvalue weighted by Crippen LogP contribution is -2.62. The fraction of sp³-hybridized carbons (Fsp3) is 0.353. The second-order valence-corrected chi connectivity index (χ2v) is 6.06. The highest BCUT2D eigenvalue weighted by molar-refractivity contribution is 6.05. The summed E-state index contributed by atoms with van der Waals surface area (Å²) < 4.78 is 0. The predicted molar refractivity (Wildman–Crippen MR) is 90.5 cm³/mol. The van der Waals surface area contributed by atoms with Gasteiger partial charge >= 0.3 is 0 Å². The predicted octanol–water partition coefficient (Wildman–Crippen LogP) is 0.661. The maximum Gasteiger partial charge on any atom is 0.245 e. The normalized spacial score (nSPS) is 19.2. The van der Waals surface area contributed by atoms with Crippen LogP contribution >= 0.6 is 0 Å². The lowest BCUT2D eigenvalue weighted by molar-refractivity contribution is -0.132. The van der Waals surface area contributed by atoms with Gasteiger partial charge in [0.15, 0.2) is 0 Å². The Balaban J connectivity index is 1.63. The second-order valence-electron chi connectivity index (χ2n) is 6.06. The van der Waals surface area contributed by atoms with E-state index in [0.717, 1.165) is 17.6 Å². The van der Waals surface area contributed by atoms with Gasteiger partial charge in [0.2, 0.25) is 17.8 Å². The van der Waals surface area contributed by atoms with Crippen LogP contribution in [0, 0.1) is 0 Å². The van der Waals surface area contributed by atoms with Crippen LogP contribution < -0.4 is 16.1 Å². The van der Waals surface area contributed by atoms with Crippen molar-refractivity contribution in [2.45, 2.75) is 32.7 Å². The Kier molecular flexibility index (Phi) is 4.50. The molecule has 1 aromatic rings. The van der Waals surface area contributed by atoms with Crippen molar-refractivity contribution < 1.29 is 9.59 Å². The number of allylic oxidation sites excluding steroid dienone is 1. The molecule has 2 amide bonds. The number of hydrazine groups is 1. The largest absolute Gasteiger partial charge is 0.354 e. The number of amides is 2. The van der Waals surface area contributed by atoms with Crippen LogP contribution in [0.15, 0.2) is 46.7 Å². The number of hydrogen-bond donors (Lipinski definition) is 3. The number of carbonyl (C=O) groups excluding carboxylic acids is 2. The molecule has 24 heavy (non-hydrogen) atoms. The van der Waals surface area contributed by atoms with Crippen molar-refractivity contribution in [2.75, 3.05) is 6.54 Å². The van der Waals surface area contributed by atoms with E-state index in [9.17, 15) is 9.59 Å². The minimum absolute atomic E-state index is 0.0965. The zero-order chi connectivity index (χ0) is 17.1. The molecule has 1 saturated heterocycles. The van der Waals surface area contributed by atoms with Gasteiger partial charge in [0.1, 0.15) is 11.9 Å². The number of carbonyl (C=O) groups is 2. The maximum atomic E-state index is 12.5. The van der Waals surface area contributed by atoms with Crippen molar-refractivity contribution in [3.63, 3.8) is 0 Å². The van der Waals surface area contributed by atoms with Crippen molar-refractivity contribution in [3.8, 4) is 0 Å². The SMILES string of the molecule is CC(C)=C1N=C2NC(=O)CC(C(=O)NCCc3ccccc3)N2N1. The highest BCUT2D eigenvalue weighted by atomic mass is 16.2. The van der Waals surface area contributed by atoms with Gasteiger partial charge in [-0.3, -0.25) is 20.3 Å². The molecule has 1 fully saturated rings. The van der Waals surface area contributed by atoms with Crippen molar-refractivity contribution in [2.24, 2.45) is 4.99 Å². The molecule has 0 spiro atoms. The minimum Gasteiger partial charge on any atom is -0.354 e. The number of aliphatic imine (C=N–C) groups is 1. The quantitative estimate of drug-likeness (QED) is 0.758. The van der Waals surface area contributed by atoms with Crippen LogP contribution in [0.2, 0.25) is 0 Å². The van der Waals surface area contributed by atoms with Crippen molar-refractivity contribution in [3.05, 3.63) is 47.3 Å². The summed E-state index contributed by atoms with van der Waals surface area (Å²) >= 11 is 0. The highest BCUT2D eigenvalue weighted by Gasteiger charge is 2.39. The second kappa shape index (κ2) is 6.74. The standard InChI is InChI=1S/C17H21N5O2/c1-11(2)15-20-17-19-14(23)10-13(22(17)21-15)16(24)18-9-8-12-6-4-3-5-7-12/h3-7,13,21H,8-10H2,1-2H3,(H,18,24)(H,19,20,23). The number of hydrogen-bond acceptors (Lipinski definition) is 5. The zero-order valence-electron chi connectivity index (χ0n) is 13.8. The van der Waals surface area contributed by atoms with Crippen molar-refractivity contribution in [1.29, 1.82) is 0 Å². The molecule has 1 unspecified atom stereocenters. The third-order valence-corrected chi connectivity index (χ3v) is 3.95. The molecule has 0 aromatic heterocycles. The van der Waals surface area contributed by atoms with Gasteiger partial charge in [-0.05, 0) is 31.4 Å². The minimum atomic E-state index is -0.606. The van der Waals surface area contributed by atoms with E-state index in [4.69, 9.17) is 0 Å². The lowest BCUT2D eigenvalue weighted by Gasteiger charge is -2.32. The molecule has 126 valence electrons. The highest BCUT2D eigenvalue weighted by Crippen LogP contribution is 2.18. The molecule has 0 radical (unpaired) electrons. The average Bonchev–Trinajstić information content (AvgIpc) is 2.99.